The molecule has 0 saturated heterocycles. The number of pyridine rings is 1. The van der Waals surface area contributed by atoms with E-state index in [0.717, 1.165) is 6.07 Å². The fourth-order valence-electron chi connectivity index (χ4n) is 0.804. The highest BCUT2D eigenvalue weighted by Gasteiger charge is 2.12. The molecule has 1 heterocycles. The van der Waals surface area contributed by atoms with E-state index >= 15 is 0 Å². The largest absolute Gasteiger partial charge is 0.464 e. The van der Waals surface area contributed by atoms with Gasteiger partial charge in [-0.15, -0.1) is 0 Å². The summed E-state index contributed by atoms with van der Waals surface area (Å²) < 4.78 is 26.2. The van der Waals surface area contributed by atoms with E-state index in [2.05, 4.69) is 9.72 Å². The van der Waals surface area contributed by atoms with Gasteiger partial charge in [0.15, 0.2) is 0 Å². The lowest BCUT2D eigenvalue weighted by molar-refractivity contribution is 0.0593. The van der Waals surface area contributed by atoms with Gasteiger partial charge in [-0.2, -0.15) is 0 Å². The Hall–Kier alpha value is -1.47. The van der Waals surface area contributed by atoms with E-state index in [1.165, 1.54) is 19.4 Å². The minimum atomic E-state index is -3.81. The topological polar surface area (TPSA) is 99.4 Å². The number of esters is 1. The fraction of sp³-hybridized carbons (Fsp3) is 0.143. The van der Waals surface area contributed by atoms with Crippen LogP contribution in [0.5, 0.6) is 0 Å². The molecule has 0 amide bonds. The second-order valence-corrected chi connectivity index (χ2v) is 3.97. The molecule has 1 rings (SSSR count). The molecule has 1 aromatic heterocycles. The predicted molar refractivity (Wildman–Crippen MR) is 46.9 cm³/mol. The third-order valence-electron chi connectivity index (χ3n) is 1.45. The van der Waals surface area contributed by atoms with Crippen molar-refractivity contribution in [1.29, 1.82) is 0 Å². The summed E-state index contributed by atoms with van der Waals surface area (Å²) in [7, 11) is -2.64. The van der Waals surface area contributed by atoms with Crippen molar-refractivity contribution in [2.45, 2.75) is 4.90 Å². The number of carbonyl (C=O) groups excluding carboxylic acids is 1. The summed E-state index contributed by atoms with van der Waals surface area (Å²) in [5.41, 5.74) is -0.0981. The minimum Gasteiger partial charge on any atom is -0.464 e. The lowest BCUT2D eigenvalue weighted by atomic mass is 10.3. The lowest BCUT2D eigenvalue weighted by Gasteiger charge is -2.00. The maximum Gasteiger partial charge on any atom is 0.356 e. The Bertz CT molecular complexity index is 455. The zero-order valence-electron chi connectivity index (χ0n) is 7.30. The first-order valence-electron chi connectivity index (χ1n) is 3.52. The molecular formula is C7H8N2O4S. The quantitative estimate of drug-likeness (QED) is 0.673. The van der Waals surface area contributed by atoms with Crippen molar-refractivity contribution in [3.8, 4) is 0 Å². The number of nitrogens with two attached hydrogens (primary N) is 1. The third kappa shape index (κ3) is 2.27. The maximum atomic E-state index is 11.0. The molecule has 0 spiro atoms. The highest BCUT2D eigenvalue weighted by molar-refractivity contribution is 7.89. The molecule has 0 radical (unpaired) electrons. The second kappa shape index (κ2) is 3.72. The molecule has 14 heavy (non-hydrogen) atoms. The van der Waals surface area contributed by atoms with Gasteiger partial charge in [0.2, 0.25) is 10.0 Å². The molecular weight excluding hydrogens is 208 g/mol. The highest BCUT2D eigenvalue weighted by atomic mass is 32.2. The number of ether oxygens (including phenoxy) is 1. The standard InChI is InChI=1S/C7H8N2O4S/c1-13-7(10)6-4-5(2-3-9-6)14(8,11)12/h2-4H,1H3,(H2,8,11,12). The SMILES string of the molecule is COC(=O)c1cc(S(N)(=O)=O)ccn1. The van der Waals surface area contributed by atoms with Crippen LogP contribution in [-0.2, 0) is 14.8 Å². The average Bonchev–Trinajstić information content (AvgIpc) is 2.15. The molecule has 0 saturated carbocycles. The molecule has 7 heteroatoms. The molecule has 0 aromatic carbocycles. The Balaban J connectivity index is 3.21. The van der Waals surface area contributed by atoms with Gasteiger partial charge in [-0.05, 0) is 12.1 Å². The van der Waals surface area contributed by atoms with E-state index in [1.807, 2.05) is 0 Å². The first-order valence-corrected chi connectivity index (χ1v) is 5.07. The van der Waals surface area contributed by atoms with E-state index in [1.54, 1.807) is 0 Å². The monoisotopic (exact) mass is 216 g/mol. The zero-order chi connectivity index (χ0) is 10.8. The van der Waals surface area contributed by atoms with E-state index in [-0.39, 0.29) is 10.6 Å². The molecule has 0 fully saturated rings. The number of hydrogen-bond donors (Lipinski definition) is 1. The number of methoxy groups -OCH3 is 1. The Kier molecular flexibility index (Phi) is 2.82. The van der Waals surface area contributed by atoms with Crippen LogP contribution < -0.4 is 5.14 Å². The van der Waals surface area contributed by atoms with Gasteiger partial charge in [-0.3, -0.25) is 0 Å². The van der Waals surface area contributed by atoms with Crippen molar-refractivity contribution in [3.05, 3.63) is 24.0 Å². The first-order chi connectivity index (χ1) is 6.45. The van der Waals surface area contributed by atoms with Crippen LogP contribution in [0.2, 0.25) is 0 Å². The Morgan fingerprint density at radius 3 is 2.71 bits per heavy atom. The molecule has 1 aromatic rings. The molecule has 76 valence electrons. The summed E-state index contributed by atoms with van der Waals surface area (Å²) >= 11 is 0. The van der Waals surface area contributed by atoms with Crippen LogP contribution in [0, 0.1) is 0 Å². The minimum absolute atomic E-state index is 0.0981. The number of nitrogens with zero attached hydrogens (tertiary/aromatic N) is 1. The van der Waals surface area contributed by atoms with Crippen molar-refractivity contribution in [1.82, 2.24) is 4.98 Å². The summed E-state index contributed by atoms with van der Waals surface area (Å²) in [4.78, 5) is 14.4. The summed E-state index contributed by atoms with van der Waals surface area (Å²) in [5, 5.41) is 4.86. The van der Waals surface area contributed by atoms with Gasteiger partial charge in [0.1, 0.15) is 5.69 Å². The normalized spacial score (nSPS) is 11.0. The summed E-state index contributed by atoms with van der Waals surface area (Å²) in [6.45, 7) is 0. The second-order valence-electron chi connectivity index (χ2n) is 2.41. The van der Waals surface area contributed by atoms with Gasteiger partial charge in [0.05, 0.1) is 12.0 Å². The third-order valence-corrected chi connectivity index (χ3v) is 2.37. The van der Waals surface area contributed by atoms with E-state index in [9.17, 15) is 13.2 Å². The van der Waals surface area contributed by atoms with Gasteiger partial charge >= 0.3 is 5.97 Å². The van der Waals surface area contributed by atoms with Crippen LogP contribution in [0.25, 0.3) is 0 Å². The number of rotatable bonds is 2. The fourth-order valence-corrected chi connectivity index (χ4v) is 1.33. The van der Waals surface area contributed by atoms with Crippen LogP contribution >= 0.6 is 0 Å². The van der Waals surface area contributed by atoms with Crippen molar-refractivity contribution in [3.63, 3.8) is 0 Å². The number of primary sulfonamides is 1. The number of carbonyl (C=O) groups is 1. The molecule has 0 bridgehead atoms. The van der Waals surface area contributed by atoms with Crippen molar-refractivity contribution in [2.24, 2.45) is 5.14 Å². The molecule has 2 N–H and O–H groups in total. The van der Waals surface area contributed by atoms with E-state index in [4.69, 9.17) is 5.14 Å². The summed E-state index contributed by atoms with van der Waals surface area (Å²) in [5.74, 6) is -0.712. The first kappa shape index (κ1) is 10.6. The highest BCUT2D eigenvalue weighted by Crippen LogP contribution is 2.07. The van der Waals surface area contributed by atoms with Crippen LogP contribution in [0.4, 0.5) is 0 Å². The molecule has 0 unspecified atom stereocenters. The molecule has 0 aliphatic rings. The zero-order valence-corrected chi connectivity index (χ0v) is 8.11. The van der Waals surface area contributed by atoms with Gasteiger partial charge in [-0.25, -0.2) is 23.3 Å². The van der Waals surface area contributed by atoms with Gasteiger partial charge in [0, 0.05) is 6.20 Å². The van der Waals surface area contributed by atoms with Crippen molar-refractivity contribution in [2.75, 3.05) is 7.11 Å². The number of sulfonamides is 1. The Labute approximate surface area is 80.8 Å². The van der Waals surface area contributed by atoms with E-state index < -0.39 is 16.0 Å². The summed E-state index contributed by atoms with van der Waals surface area (Å²) in [6.07, 6.45) is 1.17. The van der Waals surface area contributed by atoms with Crippen LogP contribution in [0.15, 0.2) is 23.2 Å². The summed E-state index contributed by atoms with van der Waals surface area (Å²) in [6, 6.07) is 2.25. The van der Waals surface area contributed by atoms with E-state index in [0.29, 0.717) is 0 Å². The molecule has 0 aliphatic heterocycles. The van der Waals surface area contributed by atoms with Crippen molar-refractivity contribution >= 4 is 16.0 Å². The lowest BCUT2D eigenvalue weighted by Crippen LogP contribution is -2.14. The number of aromatic nitrogens is 1. The Morgan fingerprint density at radius 1 is 1.57 bits per heavy atom. The average molecular weight is 216 g/mol. The van der Waals surface area contributed by atoms with Crippen LogP contribution in [-0.4, -0.2) is 26.5 Å². The molecule has 0 atom stereocenters. The Morgan fingerprint density at radius 2 is 2.21 bits per heavy atom. The van der Waals surface area contributed by atoms with Gasteiger partial charge in [-0.1, -0.05) is 0 Å². The predicted octanol–water partition coefficient (Wildman–Crippen LogP) is -0.484. The van der Waals surface area contributed by atoms with Crippen LogP contribution in [0.3, 0.4) is 0 Å². The number of hydrogen-bond acceptors (Lipinski definition) is 5. The smallest absolute Gasteiger partial charge is 0.356 e. The molecule has 6 nitrogen and oxygen atoms in total. The van der Waals surface area contributed by atoms with Crippen LogP contribution in [0.1, 0.15) is 10.5 Å². The van der Waals surface area contributed by atoms with Crippen molar-refractivity contribution < 1.29 is 17.9 Å². The van der Waals surface area contributed by atoms with Gasteiger partial charge < -0.3 is 4.74 Å². The van der Waals surface area contributed by atoms with Gasteiger partial charge in [0.25, 0.3) is 0 Å². The maximum absolute atomic E-state index is 11.0. The molecule has 0 aliphatic carbocycles.